The molecule has 6 heteroatoms. The van der Waals surface area contributed by atoms with Crippen molar-refractivity contribution in [2.45, 2.75) is 6.92 Å². The summed E-state index contributed by atoms with van der Waals surface area (Å²) in [5.41, 5.74) is 1.59. The molecule has 112 valence electrons. The van der Waals surface area contributed by atoms with Gasteiger partial charge in [-0.2, -0.15) is 0 Å². The van der Waals surface area contributed by atoms with Gasteiger partial charge >= 0.3 is 0 Å². The van der Waals surface area contributed by atoms with Gasteiger partial charge in [-0.15, -0.1) is 0 Å². The maximum Gasteiger partial charge on any atom is 0.274 e. The highest BCUT2D eigenvalue weighted by molar-refractivity contribution is 6.32. The van der Waals surface area contributed by atoms with E-state index in [-0.39, 0.29) is 5.69 Å². The van der Waals surface area contributed by atoms with Crippen molar-refractivity contribution in [3.63, 3.8) is 0 Å². The lowest BCUT2D eigenvalue weighted by Gasteiger charge is -2.04. The number of amides is 1. The summed E-state index contributed by atoms with van der Waals surface area (Å²) < 4.78 is 0. The Kier molecular flexibility index (Phi) is 4.91. The SMILES string of the molecule is Cc1ccc(NC(=O)/C=C\c2ccccc2Cl)cc1[N+](=O)[O-]. The molecule has 0 saturated heterocycles. The molecule has 0 aliphatic heterocycles. The monoisotopic (exact) mass is 316 g/mol. The van der Waals surface area contributed by atoms with Gasteiger partial charge in [0.25, 0.3) is 5.69 Å². The molecule has 22 heavy (non-hydrogen) atoms. The first-order valence-corrected chi connectivity index (χ1v) is 6.84. The molecule has 0 bridgehead atoms. The van der Waals surface area contributed by atoms with Crippen LogP contribution >= 0.6 is 11.6 Å². The van der Waals surface area contributed by atoms with Gasteiger partial charge in [0.15, 0.2) is 0 Å². The highest BCUT2D eigenvalue weighted by Gasteiger charge is 2.11. The molecule has 0 saturated carbocycles. The quantitative estimate of drug-likeness (QED) is 0.521. The highest BCUT2D eigenvalue weighted by atomic mass is 35.5. The van der Waals surface area contributed by atoms with E-state index in [0.29, 0.717) is 21.8 Å². The van der Waals surface area contributed by atoms with Crippen molar-refractivity contribution in [3.05, 3.63) is 74.8 Å². The number of nitro benzene ring substituents is 1. The maximum atomic E-state index is 11.9. The smallest absolute Gasteiger partial charge is 0.274 e. The molecule has 1 amide bonds. The zero-order chi connectivity index (χ0) is 16.1. The van der Waals surface area contributed by atoms with Gasteiger partial charge in [0, 0.05) is 28.4 Å². The van der Waals surface area contributed by atoms with E-state index in [9.17, 15) is 14.9 Å². The number of rotatable bonds is 4. The molecule has 5 nitrogen and oxygen atoms in total. The van der Waals surface area contributed by atoms with Crippen LogP contribution < -0.4 is 5.32 Å². The molecule has 0 spiro atoms. The summed E-state index contributed by atoms with van der Waals surface area (Å²) in [7, 11) is 0. The first kappa shape index (κ1) is 15.7. The Morgan fingerprint density at radius 1 is 1.27 bits per heavy atom. The first-order valence-electron chi connectivity index (χ1n) is 6.46. The first-order chi connectivity index (χ1) is 10.5. The van der Waals surface area contributed by atoms with E-state index in [1.165, 1.54) is 12.1 Å². The molecule has 0 aromatic heterocycles. The Labute approximate surface area is 132 Å². The van der Waals surface area contributed by atoms with Gasteiger partial charge in [-0.3, -0.25) is 14.9 Å². The molecule has 1 N–H and O–H groups in total. The minimum Gasteiger partial charge on any atom is -0.322 e. The number of hydrogen-bond donors (Lipinski definition) is 1. The van der Waals surface area contributed by atoms with Gasteiger partial charge < -0.3 is 5.32 Å². The standard InChI is InChI=1S/C16H13ClN2O3/c1-11-6-8-13(10-15(11)19(21)22)18-16(20)9-7-12-4-2-3-5-14(12)17/h2-10H,1H3,(H,18,20)/b9-7-. The largest absolute Gasteiger partial charge is 0.322 e. The van der Waals surface area contributed by atoms with Crippen LogP contribution in [0.2, 0.25) is 5.02 Å². The molecule has 0 unspecified atom stereocenters. The van der Waals surface area contributed by atoms with E-state index in [2.05, 4.69) is 5.32 Å². The highest BCUT2D eigenvalue weighted by Crippen LogP contribution is 2.22. The molecule has 0 heterocycles. The minimum atomic E-state index is -0.482. The molecule has 2 rings (SSSR count). The van der Waals surface area contributed by atoms with Gasteiger partial charge in [0.05, 0.1) is 4.92 Å². The second-order valence-corrected chi connectivity index (χ2v) is 5.01. The minimum absolute atomic E-state index is 0.0344. The van der Waals surface area contributed by atoms with Crippen molar-refractivity contribution in [3.8, 4) is 0 Å². The van der Waals surface area contributed by atoms with Crippen LogP contribution in [0.4, 0.5) is 11.4 Å². The summed E-state index contributed by atoms with van der Waals surface area (Å²) in [6.45, 7) is 1.64. The van der Waals surface area contributed by atoms with Crippen LogP contribution in [-0.2, 0) is 4.79 Å². The van der Waals surface area contributed by atoms with Crippen LogP contribution in [0, 0.1) is 17.0 Å². The summed E-state index contributed by atoms with van der Waals surface area (Å²) in [6, 6.07) is 11.6. The van der Waals surface area contributed by atoms with Crippen LogP contribution in [-0.4, -0.2) is 10.8 Å². The summed E-state index contributed by atoms with van der Waals surface area (Å²) in [6.07, 6.45) is 2.91. The average Bonchev–Trinajstić information content (AvgIpc) is 2.48. The number of benzene rings is 2. The van der Waals surface area contributed by atoms with Gasteiger partial charge in [-0.25, -0.2) is 0 Å². The Hall–Kier alpha value is -2.66. The van der Waals surface area contributed by atoms with Crippen molar-refractivity contribution in [1.82, 2.24) is 0 Å². The number of nitrogens with zero attached hydrogens (tertiary/aromatic N) is 1. The Morgan fingerprint density at radius 3 is 2.68 bits per heavy atom. The van der Waals surface area contributed by atoms with Crippen LogP contribution in [0.3, 0.4) is 0 Å². The molecular formula is C16H13ClN2O3. The number of carbonyl (C=O) groups excluding carboxylic acids is 1. The molecular weight excluding hydrogens is 304 g/mol. The van der Waals surface area contributed by atoms with Gasteiger partial charge in [0.1, 0.15) is 0 Å². The number of nitro groups is 1. The zero-order valence-corrected chi connectivity index (χ0v) is 12.5. The number of nitrogens with one attached hydrogen (secondary N) is 1. The van der Waals surface area contributed by atoms with Gasteiger partial charge in [-0.1, -0.05) is 35.9 Å². The number of halogens is 1. The zero-order valence-electron chi connectivity index (χ0n) is 11.7. The second kappa shape index (κ2) is 6.87. The lowest BCUT2D eigenvalue weighted by Crippen LogP contribution is -2.08. The van der Waals surface area contributed by atoms with Gasteiger partial charge in [0.2, 0.25) is 5.91 Å². The number of carbonyl (C=O) groups is 1. The number of aryl methyl sites for hydroxylation is 1. The molecule has 0 aliphatic carbocycles. The van der Waals surface area contributed by atoms with E-state index < -0.39 is 10.8 Å². The lowest BCUT2D eigenvalue weighted by atomic mass is 10.2. The predicted octanol–water partition coefficient (Wildman–Crippen LogP) is 4.21. The summed E-state index contributed by atoms with van der Waals surface area (Å²) in [5.74, 6) is -0.391. The van der Waals surface area contributed by atoms with Crippen molar-refractivity contribution in [2.75, 3.05) is 5.32 Å². The van der Waals surface area contributed by atoms with E-state index in [1.54, 1.807) is 43.3 Å². The molecule has 0 atom stereocenters. The lowest BCUT2D eigenvalue weighted by molar-refractivity contribution is -0.385. The third kappa shape index (κ3) is 3.93. The number of anilines is 1. The molecule has 2 aromatic carbocycles. The van der Waals surface area contributed by atoms with Crippen LogP contribution in [0.15, 0.2) is 48.5 Å². The van der Waals surface area contributed by atoms with Crippen molar-refractivity contribution >= 4 is 35.0 Å². The van der Waals surface area contributed by atoms with Crippen molar-refractivity contribution in [1.29, 1.82) is 0 Å². The second-order valence-electron chi connectivity index (χ2n) is 4.60. The Balaban J connectivity index is 2.11. The van der Waals surface area contributed by atoms with E-state index in [1.807, 2.05) is 6.07 Å². The Morgan fingerprint density at radius 2 is 2.00 bits per heavy atom. The van der Waals surface area contributed by atoms with Gasteiger partial charge in [-0.05, 0) is 30.7 Å². The molecule has 0 radical (unpaired) electrons. The van der Waals surface area contributed by atoms with E-state index in [0.717, 1.165) is 0 Å². The third-order valence-electron chi connectivity index (χ3n) is 2.99. The maximum absolute atomic E-state index is 11.9. The fraction of sp³-hybridized carbons (Fsp3) is 0.0625. The third-order valence-corrected chi connectivity index (χ3v) is 3.34. The fourth-order valence-corrected chi connectivity index (χ4v) is 2.04. The molecule has 2 aromatic rings. The van der Waals surface area contributed by atoms with Crippen LogP contribution in [0.5, 0.6) is 0 Å². The summed E-state index contributed by atoms with van der Waals surface area (Å²) in [5, 5.41) is 14.0. The summed E-state index contributed by atoms with van der Waals surface area (Å²) in [4.78, 5) is 22.2. The Bertz CT molecular complexity index is 757. The number of hydrogen-bond acceptors (Lipinski definition) is 3. The molecule has 0 fully saturated rings. The normalized spacial score (nSPS) is 10.6. The predicted molar refractivity (Wildman–Crippen MR) is 86.9 cm³/mol. The van der Waals surface area contributed by atoms with E-state index >= 15 is 0 Å². The molecule has 0 aliphatic rings. The topological polar surface area (TPSA) is 72.2 Å². The van der Waals surface area contributed by atoms with Crippen LogP contribution in [0.25, 0.3) is 6.08 Å². The summed E-state index contributed by atoms with van der Waals surface area (Å²) >= 11 is 5.98. The van der Waals surface area contributed by atoms with Crippen LogP contribution in [0.1, 0.15) is 11.1 Å². The average molecular weight is 317 g/mol. The van der Waals surface area contributed by atoms with Crippen molar-refractivity contribution in [2.24, 2.45) is 0 Å². The van der Waals surface area contributed by atoms with E-state index in [4.69, 9.17) is 11.6 Å². The van der Waals surface area contributed by atoms with Crippen molar-refractivity contribution < 1.29 is 9.72 Å². The fourth-order valence-electron chi connectivity index (χ4n) is 1.84.